The Labute approximate surface area is 206 Å². The average molecular weight is 534 g/mol. The molecule has 2 rings (SSSR count). The van der Waals surface area contributed by atoms with Gasteiger partial charge in [-0.1, -0.05) is 0 Å². The number of nitrogens with one attached hydrogen (secondary N) is 2. The fraction of sp³-hybridized carbons (Fsp3) is 0.261. The molecule has 200 valence electrons. The highest BCUT2D eigenvalue weighted by Crippen LogP contribution is 2.44. The third-order valence-electron chi connectivity index (χ3n) is 4.87. The van der Waals surface area contributed by atoms with E-state index in [0.29, 0.717) is 17.2 Å². The van der Waals surface area contributed by atoms with Gasteiger partial charge in [-0.2, -0.15) is 26.3 Å². The van der Waals surface area contributed by atoms with Crippen molar-refractivity contribution >= 4 is 29.5 Å². The molecule has 0 unspecified atom stereocenters. The first-order valence-electron chi connectivity index (χ1n) is 10.2. The molecule has 0 aliphatic rings. The van der Waals surface area contributed by atoms with E-state index in [2.05, 4.69) is 5.32 Å². The van der Waals surface area contributed by atoms with E-state index in [4.69, 9.17) is 10.1 Å². The van der Waals surface area contributed by atoms with E-state index < -0.39 is 64.7 Å². The summed E-state index contributed by atoms with van der Waals surface area (Å²) in [5, 5.41) is 9.97. The molecular formula is C23H21F7N4O3. The Morgan fingerprint density at radius 1 is 1.00 bits per heavy atom. The highest BCUT2D eigenvalue weighted by Gasteiger charge is 2.41. The molecule has 14 heteroatoms. The van der Waals surface area contributed by atoms with E-state index in [1.54, 1.807) is 0 Å². The number of alkyl halides is 6. The predicted molar refractivity (Wildman–Crippen MR) is 121 cm³/mol. The molecule has 0 bridgehead atoms. The lowest BCUT2D eigenvalue weighted by molar-refractivity contribution is -0.143. The van der Waals surface area contributed by atoms with Crippen molar-refractivity contribution in [1.82, 2.24) is 10.2 Å². The number of anilines is 1. The highest BCUT2D eigenvalue weighted by atomic mass is 19.4. The van der Waals surface area contributed by atoms with Crippen LogP contribution in [0.3, 0.4) is 0 Å². The van der Waals surface area contributed by atoms with Gasteiger partial charge in [0.25, 0.3) is 0 Å². The molecule has 0 aliphatic heterocycles. The predicted octanol–water partition coefficient (Wildman–Crippen LogP) is 5.17. The van der Waals surface area contributed by atoms with Gasteiger partial charge in [0, 0.05) is 50.4 Å². The van der Waals surface area contributed by atoms with E-state index in [0.717, 1.165) is 37.5 Å². The molecule has 0 aromatic heterocycles. The Morgan fingerprint density at radius 2 is 1.59 bits per heavy atom. The first kappa shape index (κ1) is 29.1. The van der Waals surface area contributed by atoms with Crippen LogP contribution in [0.15, 0.2) is 42.6 Å². The summed E-state index contributed by atoms with van der Waals surface area (Å²) in [7, 11) is 3.93. The quantitative estimate of drug-likeness (QED) is 0.379. The Balaban J connectivity index is 2.67. The molecule has 2 N–H and O–H groups in total. The molecule has 0 atom stereocenters. The zero-order valence-electron chi connectivity index (χ0n) is 19.6. The van der Waals surface area contributed by atoms with Crippen molar-refractivity contribution in [3.63, 3.8) is 0 Å². The van der Waals surface area contributed by atoms with Gasteiger partial charge in [0.2, 0.25) is 5.91 Å². The highest BCUT2D eigenvalue weighted by molar-refractivity contribution is 6.10. The number of benzene rings is 2. The number of nitrogens with zero attached hydrogens (tertiary/aromatic N) is 2. The molecule has 2 aromatic carbocycles. The van der Waals surface area contributed by atoms with Crippen molar-refractivity contribution < 1.29 is 45.1 Å². The first-order valence-corrected chi connectivity index (χ1v) is 10.2. The van der Waals surface area contributed by atoms with Gasteiger partial charge in [-0.05, 0) is 36.4 Å². The number of hydrogen-bond acceptors (Lipinski definition) is 5. The van der Waals surface area contributed by atoms with Crippen LogP contribution in [-0.2, 0) is 17.1 Å². The minimum atomic E-state index is -5.40. The normalized spacial score (nSPS) is 12.1. The van der Waals surface area contributed by atoms with E-state index in [-0.39, 0.29) is 11.8 Å². The van der Waals surface area contributed by atoms with Gasteiger partial charge in [0.05, 0.1) is 17.7 Å². The number of carbonyl (C=O) groups excluding carboxylic acids is 2. The fourth-order valence-electron chi connectivity index (χ4n) is 2.86. The number of allylic oxidation sites excluding steroid dienone is 1. The lowest BCUT2D eigenvalue weighted by Crippen LogP contribution is -2.31. The second kappa shape index (κ2) is 11.3. The summed E-state index contributed by atoms with van der Waals surface area (Å²) in [4.78, 5) is 26.3. The summed E-state index contributed by atoms with van der Waals surface area (Å²) < 4.78 is 100. The molecule has 0 heterocycles. The van der Waals surface area contributed by atoms with Crippen molar-refractivity contribution in [3.05, 3.63) is 65.1 Å². The van der Waals surface area contributed by atoms with Crippen LogP contribution in [0.1, 0.15) is 16.7 Å². The Morgan fingerprint density at radius 3 is 2.08 bits per heavy atom. The van der Waals surface area contributed by atoms with E-state index >= 15 is 0 Å². The molecule has 0 fully saturated rings. The van der Waals surface area contributed by atoms with Crippen molar-refractivity contribution in [2.75, 3.05) is 32.6 Å². The minimum absolute atomic E-state index is 0.0140. The maximum absolute atomic E-state index is 13.9. The van der Waals surface area contributed by atoms with Crippen LogP contribution >= 0.6 is 0 Å². The third-order valence-corrected chi connectivity index (χ3v) is 4.87. The first-order chi connectivity index (χ1) is 17.1. The molecule has 37 heavy (non-hydrogen) atoms. The van der Waals surface area contributed by atoms with Crippen LogP contribution in [0.25, 0.3) is 5.57 Å². The maximum atomic E-state index is 13.9. The molecule has 2 amide bonds. The van der Waals surface area contributed by atoms with Crippen LogP contribution in [0.2, 0.25) is 0 Å². The monoisotopic (exact) mass is 534 g/mol. The summed E-state index contributed by atoms with van der Waals surface area (Å²) >= 11 is 0. The Hall–Kier alpha value is -4.10. The second-order valence-electron chi connectivity index (χ2n) is 7.71. The van der Waals surface area contributed by atoms with Gasteiger partial charge in [0.15, 0.2) is 5.75 Å². The van der Waals surface area contributed by atoms with E-state index in [1.807, 2.05) is 0 Å². The number of rotatable bonds is 7. The van der Waals surface area contributed by atoms with Crippen LogP contribution < -0.4 is 15.0 Å². The summed E-state index contributed by atoms with van der Waals surface area (Å²) in [6.07, 6.45) is -10.8. The van der Waals surface area contributed by atoms with Crippen molar-refractivity contribution in [2.24, 2.45) is 0 Å². The van der Waals surface area contributed by atoms with Crippen LogP contribution in [0.5, 0.6) is 5.75 Å². The SMILES string of the molecule is CN(C)C(=O)CN/C=C(\C=N)c1cc(C(F)(F)F)cc(C(F)(F)F)c1OC(=O)N(C)c1ccc(F)cc1. The molecule has 0 saturated heterocycles. The van der Waals surface area contributed by atoms with Crippen molar-refractivity contribution in [3.8, 4) is 5.75 Å². The second-order valence-corrected chi connectivity index (χ2v) is 7.71. The molecule has 7 nitrogen and oxygen atoms in total. The van der Waals surface area contributed by atoms with E-state index in [9.17, 15) is 40.3 Å². The largest absolute Gasteiger partial charge is 0.420 e. The van der Waals surface area contributed by atoms with Crippen LogP contribution in [-0.4, -0.2) is 50.8 Å². The van der Waals surface area contributed by atoms with Gasteiger partial charge >= 0.3 is 18.4 Å². The Bertz CT molecular complexity index is 1190. The number of ether oxygens (including phenoxy) is 1. The maximum Gasteiger partial charge on any atom is 0.420 e. The van der Waals surface area contributed by atoms with E-state index in [1.165, 1.54) is 19.0 Å². The van der Waals surface area contributed by atoms with Crippen molar-refractivity contribution in [2.45, 2.75) is 12.4 Å². The zero-order valence-corrected chi connectivity index (χ0v) is 19.6. The smallest absolute Gasteiger partial charge is 0.409 e. The minimum Gasteiger partial charge on any atom is -0.409 e. The van der Waals surface area contributed by atoms with Crippen molar-refractivity contribution in [1.29, 1.82) is 5.41 Å². The topological polar surface area (TPSA) is 85.7 Å². The summed E-state index contributed by atoms with van der Waals surface area (Å²) in [5.74, 6) is -2.43. The molecule has 0 aliphatic carbocycles. The molecule has 2 aromatic rings. The van der Waals surface area contributed by atoms with Gasteiger partial charge in [0.1, 0.15) is 5.82 Å². The number of halogens is 7. The molecule has 0 spiro atoms. The number of hydrogen-bond donors (Lipinski definition) is 2. The van der Waals surface area contributed by atoms with Gasteiger partial charge in [-0.25, -0.2) is 9.18 Å². The number of amides is 2. The Kier molecular flexibility index (Phi) is 8.90. The lowest BCUT2D eigenvalue weighted by Gasteiger charge is -2.22. The number of carbonyl (C=O) groups is 2. The lowest BCUT2D eigenvalue weighted by atomic mass is 9.98. The summed E-state index contributed by atoms with van der Waals surface area (Å²) in [6, 6.07) is 4.28. The van der Waals surface area contributed by atoms with Crippen LogP contribution in [0, 0.1) is 11.2 Å². The molecule has 0 radical (unpaired) electrons. The number of likely N-dealkylation sites (N-methyl/N-ethyl adjacent to an activating group) is 1. The van der Waals surface area contributed by atoms with Gasteiger partial charge in [-0.3, -0.25) is 9.69 Å². The summed E-state index contributed by atoms with van der Waals surface area (Å²) in [6.45, 7) is -0.391. The third kappa shape index (κ3) is 7.44. The zero-order chi connectivity index (χ0) is 28.1. The van der Waals surface area contributed by atoms with Crippen LogP contribution in [0.4, 0.5) is 41.2 Å². The van der Waals surface area contributed by atoms with Gasteiger partial charge in [-0.15, -0.1) is 0 Å². The fourth-order valence-corrected chi connectivity index (χ4v) is 2.86. The average Bonchev–Trinajstić information content (AvgIpc) is 2.80. The summed E-state index contributed by atoms with van der Waals surface area (Å²) in [5.41, 5.74) is -5.05. The molecular weight excluding hydrogens is 513 g/mol. The van der Waals surface area contributed by atoms with Gasteiger partial charge < -0.3 is 20.4 Å². The molecule has 0 saturated carbocycles. The standard InChI is InChI=1S/C23H21F7N4O3/c1-33(2)19(35)12-32-11-13(10-31)17-8-14(22(25,26)27)9-18(23(28,29)30)20(17)37-21(36)34(3)16-6-4-15(24)5-7-16/h4-11,31-32H,12H2,1-3H3/b13-11+,31-10?.